The summed E-state index contributed by atoms with van der Waals surface area (Å²) >= 11 is 4.68. The molecule has 0 aliphatic heterocycles. The van der Waals surface area contributed by atoms with Crippen LogP contribution in [0.3, 0.4) is 0 Å². The zero-order chi connectivity index (χ0) is 23.8. The highest BCUT2D eigenvalue weighted by Crippen LogP contribution is 2.21. The lowest BCUT2D eigenvalue weighted by Gasteiger charge is -2.15. The number of aromatic nitrogens is 3. The van der Waals surface area contributed by atoms with E-state index in [0.717, 1.165) is 21.5 Å². The second-order valence-electron chi connectivity index (χ2n) is 7.24. The van der Waals surface area contributed by atoms with Crippen molar-refractivity contribution in [3.8, 4) is 5.75 Å². The summed E-state index contributed by atoms with van der Waals surface area (Å²) < 4.78 is 8.01. The van der Waals surface area contributed by atoms with E-state index >= 15 is 0 Å². The van der Waals surface area contributed by atoms with Crippen LogP contribution >= 0.6 is 27.7 Å². The van der Waals surface area contributed by atoms with E-state index in [1.807, 2.05) is 66.9 Å². The monoisotopic (exact) mass is 531 g/mol. The minimum atomic E-state index is -0.325. The molecule has 0 fully saturated rings. The van der Waals surface area contributed by atoms with Gasteiger partial charge in [-0.2, -0.15) is 0 Å². The number of hydrogen-bond donors (Lipinski definition) is 2. The van der Waals surface area contributed by atoms with Crippen LogP contribution in [-0.2, 0) is 22.6 Å². The van der Waals surface area contributed by atoms with Crippen LogP contribution in [0.15, 0.2) is 58.2 Å². The number of carbonyl (C=O) groups excluding carboxylic acids is 2. The number of hydrogen-bond acceptors (Lipinski definition) is 6. The van der Waals surface area contributed by atoms with Crippen LogP contribution in [0.25, 0.3) is 0 Å². The molecule has 1 aromatic heterocycles. The van der Waals surface area contributed by atoms with E-state index in [2.05, 4.69) is 36.8 Å². The third kappa shape index (κ3) is 7.06. The summed E-state index contributed by atoms with van der Waals surface area (Å²) in [5.74, 6) is 1.36. The van der Waals surface area contributed by atoms with Gasteiger partial charge >= 0.3 is 0 Å². The molecule has 3 aromatic rings. The Hall–Kier alpha value is -2.85. The lowest BCUT2D eigenvalue weighted by atomic mass is 10.1. The van der Waals surface area contributed by atoms with Gasteiger partial charge in [-0.05, 0) is 55.8 Å². The van der Waals surface area contributed by atoms with Crippen molar-refractivity contribution in [1.82, 2.24) is 20.1 Å². The summed E-state index contributed by atoms with van der Waals surface area (Å²) in [6.07, 6.45) is 0.256. The number of ether oxygens (including phenoxy) is 1. The molecule has 2 amide bonds. The van der Waals surface area contributed by atoms with Gasteiger partial charge in [-0.25, -0.2) is 0 Å². The Balaban J connectivity index is 1.56. The first-order valence-corrected chi connectivity index (χ1v) is 12.2. The van der Waals surface area contributed by atoms with Gasteiger partial charge in [0.25, 0.3) is 0 Å². The third-order valence-electron chi connectivity index (χ3n) is 4.81. The average Bonchev–Trinajstić information content (AvgIpc) is 3.23. The van der Waals surface area contributed by atoms with E-state index in [1.165, 1.54) is 11.8 Å². The standard InChI is InChI=1S/C23H26BrN5O3S/c1-4-29-22(15(2)25-20(30)13-16-5-11-19(32-3)12-6-16)27-28-23(29)33-14-21(31)26-18-9-7-17(24)8-10-18/h5-12,15H,4,13-14H2,1-3H3,(H,25,30)(H,26,31)/t15-/m1/s1. The molecule has 0 unspecified atom stereocenters. The van der Waals surface area contributed by atoms with Crippen LogP contribution in [-0.4, -0.2) is 39.4 Å². The van der Waals surface area contributed by atoms with E-state index in [9.17, 15) is 9.59 Å². The van der Waals surface area contributed by atoms with Crippen LogP contribution in [0, 0.1) is 0 Å². The van der Waals surface area contributed by atoms with Crippen LogP contribution < -0.4 is 15.4 Å². The predicted octanol–water partition coefficient (Wildman–Crippen LogP) is 4.22. The molecule has 1 heterocycles. The molecule has 33 heavy (non-hydrogen) atoms. The molecule has 0 aliphatic carbocycles. The van der Waals surface area contributed by atoms with Crippen molar-refractivity contribution in [2.24, 2.45) is 0 Å². The molecule has 0 bridgehead atoms. The summed E-state index contributed by atoms with van der Waals surface area (Å²) in [6, 6.07) is 14.5. The van der Waals surface area contributed by atoms with Gasteiger partial charge in [0, 0.05) is 16.7 Å². The summed E-state index contributed by atoms with van der Waals surface area (Å²) in [7, 11) is 1.61. The van der Waals surface area contributed by atoms with Gasteiger partial charge in [0.05, 0.1) is 25.3 Å². The number of benzene rings is 2. The molecular weight excluding hydrogens is 506 g/mol. The number of carbonyl (C=O) groups is 2. The molecule has 2 N–H and O–H groups in total. The molecule has 3 rings (SSSR count). The maximum absolute atomic E-state index is 12.5. The summed E-state index contributed by atoms with van der Waals surface area (Å²) in [4.78, 5) is 24.8. The molecule has 0 aliphatic rings. The Morgan fingerprint density at radius 3 is 2.42 bits per heavy atom. The zero-order valence-electron chi connectivity index (χ0n) is 18.7. The molecule has 0 saturated heterocycles. The Labute approximate surface area is 205 Å². The van der Waals surface area contributed by atoms with E-state index in [4.69, 9.17) is 4.74 Å². The number of rotatable bonds is 10. The Morgan fingerprint density at radius 1 is 1.09 bits per heavy atom. The first-order chi connectivity index (χ1) is 15.9. The average molecular weight is 532 g/mol. The zero-order valence-corrected chi connectivity index (χ0v) is 21.1. The van der Waals surface area contributed by atoms with E-state index in [1.54, 1.807) is 7.11 Å². The largest absolute Gasteiger partial charge is 0.497 e. The first kappa shape index (κ1) is 24.8. The second kappa shape index (κ2) is 11.9. The highest BCUT2D eigenvalue weighted by molar-refractivity contribution is 9.10. The maximum Gasteiger partial charge on any atom is 0.234 e. The van der Waals surface area contributed by atoms with Gasteiger partial charge in [0.2, 0.25) is 11.8 Å². The third-order valence-corrected chi connectivity index (χ3v) is 6.31. The Bertz CT molecular complexity index is 1090. The Kier molecular flexibility index (Phi) is 8.90. The van der Waals surface area contributed by atoms with Gasteiger partial charge in [-0.15, -0.1) is 10.2 Å². The van der Waals surface area contributed by atoms with Crippen molar-refractivity contribution in [2.45, 2.75) is 38.0 Å². The number of thioether (sulfide) groups is 1. The minimum absolute atomic E-state index is 0.110. The van der Waals surface area contributed by atoms with Crippen LogP contribution in [0.2, 0.25) is 0 Å². The molecular formula is C23H26BrN5O3S. The number of methoxy groups -OCH3 is 1. The molecule has 0 saturated carbocycles. The molecule has 2 aromatic carbocycles. The fraction of sp³-hybridized carbons (Fsp3) is 0.304. The molecule has 8 nitrogen and oxygen atoms in total. The fourth-order valence-electron chi connectivity index (χ4n) is 3.17. The van der Waals surface area contributed by atoms with Crippen molar-refractivity contribution in [1.29, 1.82) is 0 Å². The van der Waals surface area contributed by atoms with Gasteiger partial charge in [0.15, 0.2) is 11.0 Å². The van der Waals surface area contributed by atoms with Crippen molar-refractivity contribution >= 4 is 45.2 Å². The van der Waals surface area contributed by atoms with Crippen LogP contribution in [0.5, 0.6) is 5.75 Å². The first-order valence-electron chi connectivity index (χ1n) is 10.4. The summed E-state index contributed by atoms with van der Waals surface area (Å²) in [5, 5.41) is 15.0. The molecule has 10 heteroatoms. The smallest absolute Gasteiger partial charge is 0.234 e. The number of nitrogens with zero attached hydrogens (tertiary/aromatic N) is 3. The van der Waals surface area contributed by atoms with Crippen LogP contribution in [0.1, 0.15) is 31.3 Å². The topological polar surface area (TPSA) is 98.1 Å². The second-order valence-corrected chi connectivity index (χ2v) is 9.10. The Morgan fingerprint density at radius 2 is 1.79 bits per heavy atom. The molecule has 1 atom stereocenters. The fourth-order valence-corrected chi connectivity index (χ4v) is 4.24. The lowest BCUT2D eigenvalue weighted by Crippen LogP contribution is -2.30. The SMILES string of the molecule is CCn1c(SCC(=O)Nc2ccc(Br)cc2)nnc1[C@@H](C)NC(=O)Cc1ccc(OC)cc1. The van der Waals surface area contributed by atoms with Gasteiger partial charge in [-0.3, -0.25) is 9.59 Å². The normalized spacial score (nSPS) is 11.6. The highest BCUT2D eigenvalue weighted by Gasteiger charge is 2.20. The van der Waals surface area contributed by atoms with Crippen molar-refractivity contribution in [3.63, 3.8) is 0 Å². The van der Waals surface area contributed by atoms with E-state index in [-0.39, 0.29) is 30.0 Å². The van der Waals surface area contributed by atoms with Gasteiger partial charge in [-0.1, -0.05) is 39.8 Å². The van der Waals surface area contributed by atoms with Crippen molar-refractivity contribution < 1.29 is 14.3 Å². The quantitative estimate of drug-likeness (QED) is 0.380. The van der Waals surface area contributed by atoms with Gasteiger partial charge < -0.3 is 19.9 Å². The lowest BCUT2D eigenvalue weighted by molar-refractivity contribution is -0.121. The summed E-state index contributed by atoms with van der Waals surface area (Å²) in [6.45, 7) is 4.47. The molecule has 0 radical (unpaired) electrons. The number of halogens is 1. The van der Waals surface area contributed by atoms with E-state index < -0.39 is 0 Å². The van der Waals surface area contributed by atoms with Gasteiger partial charge in [0.1, 0.15) is 5.75 Å². The summed E-state index contributed by atoms with van der Waals surface area (Å²) in [5.41, 5.74) is 1.63. The molecule has 0 spiro atoms. The van der Waals surface area contributed by atoms with Crippen molar-refractivity contribution in [2.75, 3.05) is 18.2 Å². The minimum Gasteiger partial charge on any atom is -0.497 e. The number of amides is 2. The molecule has 174 valence electrons. The maximum atomic E-state index is 12.5. The number of nitrogens with one attached hydrogen (secondary N) is 2. The predicted molar refractivity (Wildman–Crippen MR) is 132 cm³/mol. The van der Waals surface area contributed by atoms with E-state index in [0.29, 0.717) is 17.5 Å². The number of anilines is 1. The highest BCUT2D eigenvalue weighted by atomic mass is 79.9. The van der Waals surface area contributed by atoms with Crippen LogP contribution in [0.4, 0.5) is 5.69 Å². The van der Waals surface area contributed by atoms with Crippen molar-refractivity contribution in [3.05, 3.63) is 64.4 Å².